The SMILES string of the molecule is [2H]C([2H])([2H])C(=O)NC[C@H]1C[C@@H](C(C)C)C1. The average molecular weight is 172 g/mol. The van der Waals surface area contributed by atoms with Crippen LogP contribution in [0.4, 0.5) is 0 Å². The number of rotatable bonds is 3. The maximum atomic E-state index is 11.1. The molecule has 0 aliphatic heterocycles. The van der Waals surface area contributed by atoms with E-state index in [9.17, 15) is 4.79 Å². The zero-order valence-electron chi connectivity index (χ0n) is 10.8. The minimum Gasteiger partial charge on any atom is -0.356 e. The van der Waals surface area contributed by atoms with Crippen LogP contribution >= 0.6 is 0 Å². The molecule has 12 heavy (non-hydrogen) atoms. The Bertz CT molecular complexity index is 231. The number of hydrogen-bond donors (Lipinski definition) is 1. The summed E-state index contributed by atoms with van der Waals surface area (Å²) in [5, 5.41) is 2.48. The second kappa shape index (κ2) is 3.92. The van der Waals surface area contributed by atoms with Crippen molar-refractivity contribution in [1.82, 2.24) is 5.32 Å². The first-order valence-electron chi connectivity index (χ1n) is 6.09. The van der Waals surface area contributed by atoms with E-state index in [4.69, 9.17) is 4.11 Å². The fraction of sp³-hybridized carbons (Fsp3) is 0.900. The highest BCUT2D eigenvalue weighted by atomic mass is 16.1. The van der Waals surface area contributed by atoms with Gasteiger partial charge in [0.2, 0.25) is 5.91 Å². The predicted octanol–water partition coefficient (Wildman–Crippen LogP) is 1.80. The van der Waals surface area contributed by atoms with Crippen LogP contribution in [-0.4, -0.2) is 12.5 Å². The lowest BCUT2D eigenvalue weighted by molar-refractivity contribution is -0.119. The third kappa shape index (κ3) is 2.50. The maximum Gasteiger partial charge on any atom is 0.216 e. The van der Waals surface area contributed by atoms with E-state index in [1.54, 1.807) is 0 Å². The van der Waals surface area contributed by atoms with E-state index in [0.717, 1.165) is 18.8 Å². The minimum atomic E-state index is -2.50. The van der Waals surface area contributed by atoms with Crippen LogP contribution < -0.4 is 5.32 Å². The first kappa shape index (κ1) is 6.01. The summed E-state index contributed by atoms with van der Waals surface area (Å²) in [7, 11) is 0. The summed E-state index contributed by atoms with van der Waals surface area (Å²) in [6, 6.07) is 0. The molecule has 0 saturated heterocycles. The molecule has 2 heteroatoms. The van der Waals surface area contributed by atoms with Crippen molar-refractivity contribution in [2.24, 2.45) is 17.8 Å². The van der Waals surface area contributed by atoms with Gasteiger partial charge >= 0.3 is 0 Å². The molecule has 1 rings (SSSR count). The van der Waals surface area contributed by atoms with Crippen molar-refractivity contribution in [3.05, 3.63) is 0 Å². The third-order valence-electron chi connectivity index (χ3n) is 2.77. The first-order valence-corrected chi connectivity index (χ1v) is 4.59. The molecule has 70 valence electrons. The smallest absolute Gasteiger partial charge is 0.216 e. The fourth-order valence-corrected chi connectivity index (χ4v) is 1.74. The molecule has 1 aliphatic rings. The molecule has 0 aromatic carbocycles. The molecule has 2 nitrogen and oxygen atoms in total. The minimum absolute atomic E-state index is 0.476. The van der Waals surface area contributed by atoms with Crippen molar-refractivity contribution >= 4 is 5.91 Å². The summed E-state index contributed by atoms with van der Waals surface area (Å²) >= 11 is 0. The van der Waals surface area contributed by atoms with Crippen molar-refractivity contribution in [3.63, 3.8) is 0 Å². The van der Waals surface area contributed by atoms with E-state index >= 15 is 0 Å². The quantitative estimate of drug-likeness (QED) is 0.691. The largest absolute Gasteiger partial charge is 0.356 e. The summed E-state index contributed by atoms with van der Waals surface area (Å²) in [6.45, 7) is 2.41. The Morgan fingerprint density at radius 1 is 1.67 bits per heavy atom. The van der Waals surface area contributed by atoms with E-state index in [2.05, 4.69) is 19.2 Å². The Morgan fingerprint density at radius 3 is 2.83 bits per heavy atom. The number of amides is 1. The van der Waals surface area contributed by atoms with Crippen LogP contribution in [-0.2, 0) is 4.79 Å². The van der Waals surface area contributed by atoms with E-state index < -0.39 is 12.8 Å². The predicted molar refractivity (Wildman–Crippen MR) is 49.7 cm³/mol. The number of nitrogens with one attached hydrogen (secondary N) is 1. The van der Waals surface area contributed by atoms with Crippen LogP contribution in [0.25, 0.3) is 0 Å². The first-order chi connectivity index (χ1) is 6.80. The van der Waals surface area contributed by atoms with Gasteiger partial charge in [-0.2, -0.15) is 0 Å². The molecule has 0 spiro atoms. The van der Waals surface area contributed by atoms with Gasteiger partial charge in [-0.15, -0.1) is 0 Å². The van der Waals surface area contributed by atoms with E-state index in [1.165, 1.54) is 0 Å². The molecule has 0 bridgehead atoms. The Morgan fingerprint density at radius 2 is 2.33 bits per heavy atom. The van der Waals surface area contributed by atoms with E-state index in [1.807, 2.05) is 0 Å². The molecule has 0 aromatic rings. The highest BCUT2D eigenvalue weighted by Gasteiger charge is 2.30. The Balaban J connectivity index is 2.16. The highest BCUT2D eigenvalue weighted by Crippen LogP contribution is 2.38. The summed E-state index contributed by atoms with van der Waals surface area (Å²) < 4.78 is 20.7. The zero-order valence-corrected chi connectivity index (χ0v) is 7.76. The van der Waals surface area contributed by atoms with Gasteiger partial charge in [0.05, 0.1) is 0 Å². The Hall–Kier alpha value is -0.530. The summed E-state index contributed by atoms with van der Waals surface area (Å²) in [5.74, 6) is 1.10. The Kier molecular flexibility index (Phi) is 1.96. The molecule has 0 radical (unpaired) electrons. The van der Waals surface area contributed by atoms with Gasteiger partial charge in [0, 0.05) is 17.5 Å². The van der Waals surface area contributed by atoms with Crippen molar-refractivity contribution in [2.75, 3.05) is 6.54 Å². The normalized spacial score (nSPS) is 33.1. The summed E-state index contributed by atoms with van der Waals surface area (Å²) in [4.78, 5) is 11.1. The van der Waals surface area contributed by atoms with Gasteiger partial charge in [0.25, 0.3) is 0 Å². The molecule has 1 amide bonds. The lowest BCUT2D eigenvalue weighted by atomic mass is 9.69. The molecule has 1 N–H and O–H groups in total. The molecule has 0 unspecified atom stereocenters. The molecule has 0 aromatic heterocycles. The zero-order chi connectivity index (χ0) is 11.6. The van der Waals surface area contributed by atoms with Gasteiger partial charge in [-0.3, -0.25) is 4.79 Å². The lowest BCUT2D eigenvalue weighted by Crippen LogP contribution is -2.36. The van der Waals surface area contributed by atoms with Gasteiger partial charge in [0.1, 0.15) is 0 Å². The second-order valence-electron chi connectivity index (χ2n) is 4.05. The molecular weight excluding hydrogens is 150 g/mol. The topological polar surface area (TPSA) is 29.1 Å². The van der Waals surface area contributed by atoms with Crippen LogP contribution in [0.5, 0.6) is 0 Å². The monoisotopic (exact) mass is 172 g/mol. The van der Waals surface area contributed by atoms with Gasteiger partial charge in [-0.05, 0) is 30.6 Å². The van der Waals surface area contributed by atoms with Crippen molar-refractivity contribution in [1.29, 1.82) is 0 Å². The van der Waals surface area contributed by atoms with Gasteiger partial charge in [0.15, 0.2) is 0 Å². The molecular formula is C10H19NO. The van der Waals surface area contributed by atoms with E-state index in [-0.39, 0.29) is 0 Å². The van der Waals surface area contributed by atoms with Crippen LogP contribution in [0.1, 0.15) is 37.7 Å². The number of carbonyl (C=O) groups excluding carboxylic acids is 1. The Labute approximate surface area is 78.9 Å². The van der Waals surface area contributed by atoms with Crippen molar-refractivity contribution < 1.29 is 8.91 Å². The van der Waals surface area contributed by atoms with Crippen LogP contribution in [0.2, 0.25) is 0 Å². The number of carbonyl (C=O) groups is 1. The molecule has 1 saturated carbocycles. The van der Waals surface area contributed by atoms with Crippen molar-refractivity contribution in [2.45, 2.75) is 33.5 Å². The number of hydrogen-bond acceptors (Lipinski definition) is 1. The van der Waals surface area contributed by atoms with E-state index in [0.29, 0.717) is 18.4 Å². The van der Waals surface area contributed by atoms with Gasteiger partial charge in [-0.25, -0.2) is 0 Å². The average Bonchev–Trinajstić information content (AvgIpc) is 1.98. The maximum absolute atomic E-state index is 11.1. The van der Waals surface area contributed by atoms with Crippen molar-refractivity contribution in [3.8, 4) is 0 Å². The fourth-order valence-electron chi connectivity index (χ4n) is 1.74. The van der Waals surface area contributed by atoms with Gasteiger partial charge < -0.3 is 5.32 Å². The van der Waals surface area contributed by atoms with Gasteiger partial charge in [-0.1, -0.05) is 13.8 Å². The van der Waals surface area contributed by atoms with Crippen LogP contribution in [0.15, 0.2) is 0 Å². The molecule has 0 heterocycles. The van der Waals surface area contributed by atoms with Crippen LogP contribution in [0.3, 0.4) is 0 Å². The third-order valence-corrected chi connectivity index (χ3v) is 2.77. The highest BCUT2D eigenvalue weighted by molar-refractivity contribution is 5.72. The second-order valence-corrected chi connectivity index (χ2v) is 4.05. The van der Waals surface area contributed by atoms with Crippen LogP contribution in [0, 0.1) is 17.8 Å². The summed E-state index contributed by atoms with van der Waals surface area (Å²) in [5.41, 5.74) is 0. The summed E-state index contributed by atoms with van der Waals surface area (Å²) in [6.07, 6.45) is 2.22. The lowest BCUT2D eigenvalue weighted by Gasteiger charge is -2.38. The molecule has 1 fully saturated rings. The molecule has 0 atom stereocenters. The molecule has 1 aliphatic carbocycles. The standard InChI is InChI=1S/C10H19NO/c1-7(2)10-4-9(5-10)6-11-8(3)12/h7,9-10H,4-6H2,1-3H3,(H,11,12)/t9-,10+/i3D3.